The van der Waals surface area contributed by atoms with Crippen molar-refractivity contribution in [3.05, 3.63) is 175 Å². The highest BCUT2D eigenvalue weighted by Crippen LogP contribution is 2.73. The summed E-state index contributed by atoms with van der Waals surface area (Å²) >= 11 is 0. The molecule has 8 rings (SSSR count). The van der Waals surface area contributed by atoms with E-state index >= 15 is 0 Å². The van der Waals surface area contributed by atoms with Crippen LogP contribution in [-0.4, -0.2) is 17.9 Å². The Kier molecular flexibility index (Phi) is 6.92. The summed E-state index contributed by atoms with van der Waals surface area (Å²) < 4.78 is 6.55. The van der Waals surface area contributed by atoms with Crippen LogP contribution < -0.4 is 4.90 Å². The molecular weight excluding hydrogens is 555 g/mol. The summed E-state index contributed by atoms with van der Waals surface area (Å²) in [5, 5.41) is 0.182. The van der Waals surface area contributed by atoms with E-state index in [4.69, 9.17) is 4.74 Å². The van der Waals surface area contributed by atoms with Crippen LogP contribution in [0.3, 0.4) is 0 Å². The first kappa shape index (κ1) is 27.1. The number of rotatable bonds is 6. The van der Waals surface area contributed by atoms with Crippen molar-refractivity contribution < 1.29 is 4.74 Å². The number of fused-ring (bicyclic) bond motifs is 3. The minimum absolute atomic E-state index is 0.182. The zero-order chi connectivity index (χ0) is 29.5. The lowest BCUT2D eigenvalue weighted by Crippen LogP contribution is -2.34. The summed E-state index contributed by atoms with van der Waals surface area (Å²) in [5.41, 5.74) is 5.31. The number of hydrogen-bond acceptors (Lipinski definition) is 2. The lowest BCUT2D eigenvalue weighted by Gasteiger charge is -2.45. The molecule has 0 fully saturated rings. The predicted molar refractivity (Wildman–Crippen MR) is 184 cm³/mol. The number of hydrogen-bond donors (Lipinski definition) is 0. The maximum atomic E-state index is 6.55. The highest BCUT2D eigenvalue weighted by molar-refractivity contribution is 8.34. The number of anilines is 1. The molecule has 0 saturated heterocycles. The van der Waals surface area contributed by atoms with Crippen LogP contribution in [0.1, 0.15) is 30.4 Å². The Morgan fingerprint density at radius 2 is 1.41 bits per heavy atom. The highest BCUT2D eigenvalue weighted by Gasteiger charge is 2.44. The van der Waals surface area contributed by atoms with E-state index in [1.54, 1.807) is 0 Å². The number of ether oxygens (including phenoxy) is 1. The van der Waals surface area contributed by atoms with Gasteiger partial charge in [0, 0.05) is 22.9 Å². The zero-order valence-corrected chi connectivity index (χ0v) is 25.8. The zero-order valence-electron chi connectivity index (χ0n) is 25.0. The highest BCUT2D eigenvalue weighted by atomic mass is 32.3. The van der Waals surface area contributed by atoms with Crippen molar-refractivity contribution in [1.29, 1.82) is 0 Å². The second-order valence-electron chi connectivity index (χ2n) is 12.1. The molecular formula is C41H37NOS. The Labute approximate surface area is 262 Å². The summed E-state index contributed by atoms with van der Waals surface area (Å²) in [6.45, 7) is 3.01. The summed E-state index contributed by atoms with van der Waals surface area (Å²) in [6.07, 6.45) is 19.6. The van der Waals surface area contributed by atoms with Crippen LogP contribution in [0.5, 0.6) is 0 Å². The van der Waals surface area contributed by atoms with Crippen LogP contribution >= 0.6 is 10.0 Å². The third-order valence-corrected chi connectivity index (χ3v) is 13.8. The Bertz CT molecular complexity index is 1780. The van der Waals surface area contributed by atoms with E-state index in [0.717, 1.165) is 17.7 Å². The molecule has 2 aliphatic heterocycles. The van der Waals surface area contributed by atoms with Crippen LogP contribution in [0.25, 0.3) is 5.76 Å². The first-order valence-corrected chi connectivity index (χ1v) is 17.4. The van der Waals surface area contributed by atoms with Crippen molar-refractivity contribution in [2.45, 2.75) is 45.2 Å². The molecule has 0 amide bonds. The summed E-state index contributed by atoms with van der Waals surface area (Å²) in [4.78, 5) is 6.74. The molecule has 0 spiro atoms. The maximum absolute atomic E-state index is 6.55. The summed E-state index contributed by atoms with van der Waals surface area (Å²) in [6, 6.07) is 40.7. The number of allylic oxidation sites excluding steroid dienone is 6. The van der Waals surface area contributed by atoms with Crippen molar-refractivity contribution in [3.63, 3.8) is 0 Å². The molecule has 4 aliphatic rings. The van der Waals surface area contributed by atoms with E-state index in [1.807, 2.05) is 0 Å². The molecule has 0 saturated carbocycles. The molecule has 0 N–H and O–H groups in total. The fraction of sp³-hybridized carbons (Fsp3) is 0.171. The van der Waals surface area contributed by atoms with E-state index in [0.29, 0.717) is 24.5 Å². The van der Waals surface area contributed by atoms with Gasteiger partial charge in [0.05, 0.1) is 11.3 Å². The predicted octanol–water partition coefficient (Wildman–Crippen LogP) is 10.3. The second-order valence-corrected chi connectivity index (χ2v) is 15.4. The Morgan fingerprint density at radius 3 is 2.11 bits per heavy atom. The third kappa shape index (κ3) is 4.33. The van der Waals surface area contributed by atoms with Crippen LogP contribution in [0.2, 0.25) is 0 Å². The standard InChI is InChI=1S/C41H37NOS/c1-30-15-11-13-23-38(30)42-39-24-14-12-22-36(39)37-27-34(25-26-40(37)42)44(32-18-7-3-8-19-32,33-20-9-4-10-21-33)35-28-41(43-29-35)31-16-5-2-6-17-31/h2-14,16-28,30,35-36,39H,15,29H2,1H3. The smallest absolute Gasteiger partial charge is 0.123 e. The molecule has 4 unspecified atom stereocenters. The fourth-order valence-corrected chi connectivity index (χ4v) is 11.7. The quantitative estimate of drug-likeness (QED) is 0.221. The molecule has 218 valence electrons. The summed E-state index contributed by atoms with van der Waals surface area (Å²) in [5.74, 6) is 1.78. The SMILES string of the molecule is CC1CC=CC=C1N1c2ccc(S(c3ccccc3)(c3ccccc3)C3C=C(c4ccccc4)OC3)cc2C2C=CC=CC21. The van der Waals surface area contributed by atoms with E-state index < -0.39 is 10.0 Å². The first-order valence-electron chi connectivity index (χ1n) is 15.7. The lowest BCUT2D eigenvalue weighted by atomic mass is 9.90. The normalized spacial score (nSPS) is 23.9. The van der Waals surface area contributed by atoms with Crippen LogP contribution in [0, 0.1) is 5.92 Å². The van der Waals surface area contributed by atoms with Gasteiger partial charge in [-0.25, -0.2) is 0 Å². The van der Waals surface area contributed by atoms with Gasteiger partial charge >= 0.3 is 0 Å². The fourth-order valence-electron chi connectivity index (χ4n) is 7.50. The van der Waals surface area contributed by atoms with E-state index in [1.165, 1.54) is 31.6 Å². The van der Waals surface area contributed by atoms with Crippen molar-refractivity contribution in [2.24, 2.45) is 5.92 Å². The minimum Gasteiger partial charge on any atom is -0.492 e. The average Bonchev–Trinajstić information content (AvgIpc) is 3.71. The Morgan fingerprint density at radius 1 is 0.727 bits per heavy atom. The average molecular weight is 592 g/mol. The molecule has 4 atom stereocenters. The van der Waals surface area contributed by atoms with Gasteiger partial charge in [0.25, 0.3) is 0 Å². The van der Waals surface area contributed by atoms with Crippen LogP contribution in [0.15, 0.2) is 178 Å². The largest absolute Gasteiger partial charge is 0.492 e. The van der Waals surface area contributed by atoms with Gasteiger partial charge in [-0.15, -0.1) is 0 Å². The molecule has 0 bridgehead atoms. The molecule has 4 aromatic carbocycles. The van der Waals surface area contributed by atoms with Gasteiger partial charge in [-0.1, -0.05) is 110 Å². The molecule has 3 heteroatoms. The minimum atomic E-state index is -1.75. The second kappa shape index (κ2) is 11.2. The van der Waals surface area contributed by atoms with Gasteiger partial charge in [0.15, 0.2) is 0 Å². The van der Waals surface area contributed by atoms with Crippen molar-refractivity contribution in [3.8, 4) is 0 Å². The van der Waals surface area contributed by atoms with Gasteiger partial charge in [0.1, 0.15) is 12.4 Å². The van der Waals surface area contributed by atoms with Gasteiger partial charge in [-0.2, -0.15) is 10.0 Å². The van der Waals surface area contributed by atoms with Gasteiger partial charge in [-0.05, 0) is 87.2 Å². The Balaban J connectivity index is 1.35. The van der Waals surface area contributed by atoms with Gasteiger partial charge < -0.3 is 9.64 Å². The third-order valence-electron chi connectivity index (χ3n) is 9.55. The van der Waals surface area contributed by atoms with E-state index in [9.17, 15) is 0 Å². The van der Waals surface area contributed by atoms with Gasteiger partial charge in [-0.3, -0.25) is 0 Å². The number of benzene rings is 4. The Hall–Kier alpha value is -4.47. The molecule has 4 aromatic rings. The topological polar surface area (TPSA) is 12.5 Å². The van der Waals surface area contributed by atoms with Crippen molar-refractivity contribution >= 4 is 21.5 Å². The van der Waals surface area contributed by atoms with Crippen molar-refractivity contribution in [2.75, 3.05) is 11.5 Å². The van der Waals surface area contributed by atoms with E-state index in [2.05, 4.69) is 170 Å². The van der Waals surface area contributed by atoms with E-state index in [-0.39, 0.29) is 5.25 Å². The molecule has 2 heterocycles. The molecule has 2 aliphatic carbocycles. The number of nitrogens with zero attached hydrogens (tertiary/aromatic N) is 1. The van der Waals surface area contributed by atoms with Gasteiger partial charge in [0.2, 0.25) is 0 Å². The van der Waals surface area contributed by atoms with Crippen LogP contribution in [-0.2, 0) is 4.74 Å². The monoisotopic (exact) mass is 591 g/mol. The molecule has 0 aromatic heterocycles. The lowest BCUT2D eigenvalue weighted by molar-refractivity contribution is 0.309. The maximum Gasteiger partial charge on any atom is 0.123 e. The van der Waals surface area contributed by atoms with Crippen molar-refractivity contribution in [1.82, 2.24) is 0 Å². The first-order chi connectivity index (χ1) is 21.7. The molecule has 44 heavy (non-hydrogen) atoms. The van der Waals surface area contributed by atoms with Crippen LogP contribution in [0.4, 0.5) is 5.69 Å². The molecule has 2 nitrogen and oxygen atoms in total. The summed E-state index contributed by atoms with van der Waals surface area (Å²) in [7, 11) is -1.75. The molecule has 0 radical (unpaired) electrons.